The lowest BCUT2D eigenvalue weighted by molar-refractivity contribution is -0.116. The molecule has 5 nitrogen and oxygen atoms in total. The van der Waals surface area contributed by atoms with Gasteiger partial charge in [0.05, 0.1) is 18.7 Å². The van der Waals surface area contributed by atoms with Crippen molar-refractivity contribution in [1.82, 2.24) is 4.90 Å². The fraction of sp³-hybridized carbons (Fsp3) is 0.300. The molecule has 0 radical (unpaired) electrons. The summed E-state index contributed by atoms with van der Waals surface area (Å²) in [5.74, 6) is 0.426. The molecule has 2 aromatic carbocycles. The highest BCUT2D eigenvalue weighted by Crippen LogP contribution is 2.29. The van der Waals surface area contributed by atoms with E-state index in [0.29, 0.717) is 36.6 Å². The molecular formula is C20H22N2O3. The second-order valence-electron chi connectivity index (χ2n) is 6.37. The van der Waals surface area contributed by atoms with Crippen molar-refractivity contribution in [3.63, 3.8) is 0 Å². The van der Waals surface area contributed by atoms with Crippen molar-refractivity contribution in [3.05, 3.63) is 59.7 Å². The zero-order valence-electron chi connectivity index (χ0n) is 14.5. The zero-order valence-corrected chi connectivity index (χ0v) is 14.5. The first-order valence-corrected chi connectivity index (χ1v) is 8.46. The number of carbonyl (C=O) groups excluding carboxylic acids is 2. The van der Waals surface area contributed by atoms with Gasteiger partial charge in [-0.05, 0) is 37.6 Å². The first-order valence-electron chi connectivity index (χ1n) is 8.46. The Labute approximate surface area is 147 Å². The predicted molar refractivity (Wildman–Crippen MR) is 96.6 cm³/mol. The van der Waals surface area contributed by atoms with Crippen molar-refractivity contribution in [1.29, 1.82) is 0 Å². The van der Waals surface area contributed by atoms with Gasteiger partial charge in [0.15, 0.2) is 0 Å². The van der Waals surface area contributed by atoms with Gasteiger partial charge in [0.1, 0.15) is 5.75 Å². The maximum atomic E-state index is 13.0. The minimum Gasteiger partial charge on any atom is -0.491 e. The van der Waals surface area contributed by atoms with E-state index in [9.17, 15) is 9.59 Å². The van der Waals surface area contributed by atoms with Crippen LogP contribution in [0.5, 0.6) is 5.75 Å². The van der Waals surface area contributed by atoms with Gasteiger partial charge in [0.2, 0.25) is 5.91 Å². The maximum absolute atomic E-state index is 13.0. The number of nitrogens with zero attached hydrogens (tertiary/aromatic N) is 1. The number of hydrogen-bond donors (Lipinski definition) is 1. The van der Waals surface area contributed by atoms with Crippen molar-refractivity contribution in [2.24, 2.45) is 0 Å². The summed E-state index contributed by atoms with van der Waals surface area (Å²) in [6.07, 6.45) is 0.310. The lowest BCUT2D eigenvalue weighted by atomic mass is 10.1. The van der Waals surface area contributed by atoms with Crippen LogP contribution in [0, 0.1) is 0 Å². The van der Waals surface area contributed by atoms with E-state index in [1.165, 1.54) is 0 Å². The molecule has 3 rings (SSSR count). The van der Waals surface area contributed by atoms with Gasteiger partial charge in [-0.1, -0.05) is 30.3 Å². The van der Waals surface area contributed by atoms with Crippen LogP contribution in [0.4, 0.5) is 5.69 Å². The first-order chi connectivity index (χ1) is 12.0. The van der Waals surface area contributed by atoms with Gasteiger partial charge in [-0.2, -0.15) is 0 Å². The Balaban J connectivity index is 1.86. The summed E-state index contributed by atoms with van der Waals surface area (Å²) in [7, 11) is 0. The molecule has 1 heterocycles. The number of amides is 2. The molecule has 1 aliphatic rings. The number of rotatable bonds is 4. The summed E-state index contributed by atoms with van der Waals surface area (Å²) < 4.78 is 5.55. The summed E-state index contributed by atoms with van der Waals surface area (Å²) in [5, 5.41) is 2.80. The van der Waals surface area contributed by atoms with Crippen molar-refractivity contribution in [2.45, 2.75) is 32.9 Å². The largest absolute Gasteiger partial charge is 0.491 e. The Bertz CT molecular complexity index is 772. The summed E-state index contributed by atoms with van der Waals surface area (Å²) in [5.41, 5.74) is 2.17. The average Bonchev–Trinajstić information content (AvgIpc) is 2.79. The maximum Gasteiger partial charge on any atom is 0.254 e. The lowest BCUT2D eigenvalue weighted by Crippen LogP contribution is -2.36. The first kappa shape index (κ1) is 17.0. The van der Waals surface area contributed by atoms with Crippen molar-refractivity contribution in [3.8, 4) is 5.75 Å². The third-order valence-electron chi connectivity index (χ3n) is 4.17. The fourth-order valence-corrected chi connectivity index (χ4v) is 2.79. The number of benzene rings is 2. The average molecular weight is 338 g/mol. The number of anilines is 1. The molecule has 0 unspecified atom stereocenters. The smallest absolute Gasteiger partial charge is 0.254 e. The fourth-order valence-electron chi connectivity index (χ4n) is 2.79. The number of ether oxygens (including phenoxy) is 1. The number of carbonyl (C=O) groups is 2. The predicted octanol–water partition coefficient (Wildman–Crippen LogP) is 3.46. The van der Waals surface area contributed by atoms with Crippen molar-refractivity contribution < 1.29 is 14.3 Å². The molecule has 2 aromatic rings. The molecule has 0 atom stereocenters. The van der Waals surface area contributed by atoms with Gasteiger partial charge in [-0.15, -0.1) is 0 Å². The van der Waals surface area contributed by atoms with Crippen LogP contribution in [0.1, 0.15) is 36.2 Å². The highest BCUT2D eigenvalue weighted by molar-refractivity contribution is 5.98. The van der Waals surface area contributed by atoms with Crippen LogP contribution in [0.3, 0.4) is 0 Å². The Morgan fingerprint density at radius 1 is 1.20 bits per heavy atom. The van der Waals surface area contributed by atoms with E-state index < -0.39 is 0 Å². The Kier molecular flexibility index (Phi) is 5.03. The topological polar surface area (TPSA) is 58.6 Å². The van der Waals surface area contributed by atoms with E-state index in [0.717, 1.165) is 5.56 Å². The van der Waals surface area contributed by atoms with Crippen LogP contribution in [-0.4, -0.2) is 29.4 Å². The summed E-state index contributed by atoms with van der Waals surface area (Å²) >= 11 is 0. The monoisotopic (exact) mass is 338 g/mol. The molecule has 130 valence electrons. The van der Waals surface area contributed by atoms with E-state index in [1.807, 2.05) is 49.1 Å². The van der Waals surface area contributed by atoms with Gasteiger partial charge in [0, 0.05) is 18.2 Å². The van der Waals surface area contributed by atoms with Gasteiger partial charge in [-0.3, -0.25) is 9.59 Å². The molecular weight excluding hydrogens is 316 g/mol. The summed E-state index contributed by atoms with van der Waals surface area (Å²) in [6, 6.07) is 15.1. The van der Waals surface area contributed by atoms with Crippen LogP contribution in [-0.2, 0) is 11.3 Å². The Hall–Kier alpha value is -2.82. The molecule has 5 heteroatoms. The molecule has 0 saturated carbocycles. The SMILES string of the molecule is CC(C)N(Cc1ccccc1)C(=O)c1ccc2c(c1)NC(=O)CCO2. The normalized spacial score (nSPS) is 13.5. The van der Waals surface area contributed by atoms with E-state index in [4.69, 9.17) is 4.74 Å². The standard InChI is InChI=1S/C20H22N2O3/c1-14(2)22(13-15-6-4-3-5-7-15)20(24)16-8-9-18-17(12-16)21-19(23)10-11-25-18/h3-9,12,14H,10-11,13H2,1-2H3,(H,21,23). The molecule has 0 fully saturated rings. The third kappa shape index (κ3) is 3.99. The third-order valence-corrected chi connectivity index (χ3v) is 4.17. The molecule has 0 aromatic heterocycles. The van der Waals surface area contributed by atoms with Crippen molar-refractivity contribution >= 4 is 17.5 Å². The molecule has 1 N–H and O–H groups in total. The molecule has 0 spiro atoms. The van der Waals surface area contributed by atoms with Gasteiger partial charge in [-0.25, -0.2) is 0 Å². The van der Waals surface area contributed by atoms with Crippen LogP contribution in [0.15, 0.2) is 48.5 Å². The molecule has 25 heavy (non-hydrogen) atoms. The highest BCUT2D eigenvalue weighted by atomic mass is 16.5. The van der Waals surface area contributed by atoms with Crippen LogP contribution < -0.4 is 10.1 Å². The lowest BCUT2D eigenvalue weighted by Gasteiger charge is -2.27. The minimum absolute atomic E-state index is 0.0531. The van der Waals surface area contributed by atoms with E-state index >= 15 is 0 Å². The second kappa shape index (κ2) is 7.38. The zero-order chi connectivity index (χ0) is 17.8. The Morgan fingerprint density at radius 3 is 2.68 bits per heavy atom. The van der Waals surface area contributed by atoms with E-state index in [2.05, 4.69) is 5.32 Å². The highest BCUT2D eigenvalue weighted by Gasteiger charge is 2.22. The van der Waals surface area contributed by atoms with Crippen LogP contribution in [0.2, 0.25) is 0 Å². The Morgan fingerprint density at radius 2 is 1.96 bits per heavy atom. The summed E-state index contributed by atoms with van der Waals surface area (Å²) in [4.78, 5) is 26.6. The van der Waals surface area contributed by atoms with Crippen LogP contribution >= 0.6 is 0 Å². The van der Waals surface area contributed by atoms with Gasteiger partial charge < -0.3 is 15.0 Å². The number of fused-ring (bicyclic) bond motifs is 1. The van der Waals surface area contributed by atoms with E-state index in [-0.39, 0.29) is 17.9 Å². The molecule has 0 bridgehead atoms. The van der Waals surface area contributed by atoms with Crippen molar-refractivity contribution in [2.75, 3.05) is 11.9 Å². The number of nitrogens with one attached hydrogen (secondary N) is 1. The molecule has 0 saturated heterocycles. The second-order valence-corrected chi connectivity index (χ2v) is 6.37. The molecule has 0 aliphatic carbocycles. The van der Waals surface area contributed by atoms with Gasteiger partial charge >= 0.3 is 0 Å². The van der Waals surface area contributed by atoms with Crippen LogP contribution in [0.25, 0.3) is 0 Å². The minimum atomic E-state index is -0.103. The van der Waals surface area contributed by atoms with Gasteiger partial charge in [0.25, 0.3) is 5.91 Å². The quantitative estimate of drug-likeness (QED) is 0.929. The van der Waals surface area contributed by atoms with E-state index in [1.54, 1.807) is 18.2 Å². The molecule has 2 amide bonds. The molecule has 1 aliphatic heterocycles. The summed E-state index contributed by atoms with van der Waals surface area (Å²) in [6.45, 7) is 4.87. The number of hydrogen-bond acceptors (Lipinski definition) is 3.